The number of carboxylic acid groups (broad SMARTS) is 1. The Bertz CT molecular complexity index is 911. The molecule has 0 heterocycles. The van der Waals surface area contributed by atoms with Gasteiger partial charge in [-0.05, 0) is 37.3 Å². The van der Waals surface area contributed by atoms with Crippen LogP contribution >= 0.6 is 11.6 Å². The first-order valence-electron chi connectivity index (χ1n) is 7.35. The summed E-state index contributed by atoms with van der Waals surface area (Å²) in [5.74, 6) is -0.500. The van der Waals surface area contributed by atoms with Crippen molar-refractivity contribution in [1.29, 1.82) is 5.26 Å². The van der Waals surface area contributed by atoms with Crippen LogP contribution in [0.4, 0.5) is 0 Å². The van der Waals surface area contributed by atoms with Crippen molar-refractivity contribution in [3.8, 4) is 17.6 Å². The summed E-state index contributed by atoms with van der Waals surface area (Å²) in [7, 11) is 1.64. The molecule has 0 saturated carbocycles. The maximum Gasteiger partial charge on any atom is 0.335 e. The van der Waals surface area contributed by atoms with Crippen molar-refractivity contribution in [3.05, 3.63) is 70.3 Å². The lowest BCUT2D eigenvalue weighted by Gasteiger charge is -2.12. The molecule has 0 bridgehead atoms. The number of halogens is 1. The maximum absolute atomic E-state index is 11.0. The average molecular weight is 355 g/mol. The van der Waals surface area contributed by atoms with Gasteiger partial charge in [0.25, 0.3) is 0 Å². The second-order valence-electron chi connectivity index (χ2n) is 4.95. The topological polar surface area (TPSA) is 82.7 Å². The van der Waals surface area contributed by atoms with Crippen LogP contribution in [0.1, 0.15) is 28.4 Å². The monoisotopic (exact) mass is 354 g/mol. The van der Waals surface area contributed by atoms with E-state index in [9.17, 15) is 10.1 Å². The fourth-order valence-electron chi connectivity index (χ4n) is 2.22. The summed E-state index contributed by atoms with van der Waals surface area (Å²) in [6, 6.07) is 11.5. The third kappa shape index (κ3) is 4.06. The molecule has 0 fully saturated rings. The van der Waals surface area contributed by atoms with E-state index in [4.69, 9.17) is 21.4 Å². The minimum atomic E-state index is -1.08. The largest absolute Gasteiger partial charge is 0.478 e. The summed E-state index contributed by atoms with van der Waals surface area (Å²) in [4.78, 5) is 15.2. The zero-order chi connectivity index (χ0) is 18.4. The molecule has 0 aromatic heterocycles. The van der Waals surface area contributed by atoms with Gasteiger partial charge in [-0.15, -0.1) is 0 Å². The van der Waals surface area contributed by atoms with Crippen LogP contribution < -0.4 is 4.74 Å². The lowest BCUT2D eigenvalue weighted by Crippen LogP contribution is -2.02. The molecule has 6 heteroatoms. The molecular formula is C19H15ClN2O3. The molecule has 0 aliphatic carbocycles. The van der Waals surface area contributed by atoms with Crippen molar-refractivity contribution in [2.75, 3.05) is 7.05 Å². The van der Waals surface area contributed by atoms with Crippen LogP contribution in [0.2, 0.25) is 5.02 Å². The SMILES string of the molecule is C/C=C\C(=NC)c1cccc(Oc2ccc(C(=O)O)cc2Cl)c1C#N. The highest BCUT2D eigenvalue weighted by atomic mass is 35.5. The van der Waals surface area contributed by atoms with Crippen molar-refractivity contribution >= 4 is 23.3 Å². The zero-order valence-corrected chi connectivity index (χ0v) is 14.4. The molecule has 25 heavy (non-hydrogen) atoms. The zero-order valence-electron chi connectivity index (χ0n) is 13.7. The van der Waals surface area contributed by atoms with E-state index in [1.54, 1.807) is 31.3 Å². The van der Waals surface area contributed by atoms with Gasteiger partial charge in [0.1, 0.15) is 23.1 Å². The second kappa shape index (κ2) is 8.13. The first kappa shape index (κ1) is 18.2. The number of rotatable bonds is 5. The fourth-order valence-corrected chi connectivity index (χ4v) is 2.44. The van der Waals surface area contributed by atoms with Gasteiger partial charge in [-0.2, -0.15) is 5.26 Å². The minimum absolute atomic E-state index is 0.0556. The molecule has 1 N–H and O–H groups in total. The highest BCUT2D eigenvalue weighted by Gasteiger charge is 2.15. The summed E-state index contributed by atoms with van der Waals surface area (Å²) < 4.78 is 5.75. The maximum atomic E-state index is 11.0. The molecule has 0 atom stereocenters. The Morgan fingerprint density at radius 2 is 2.08 bits per heavy atom. The molecule has 0 unspecified atom stereocenters. The summed E-state index contributed by atoms with van der Waals surface area (Å²) in [6.07, 6.45) is 3.63. The Hall–Kier alpha value is -3.10. The third-order valence-electron chi connectivity index (χ3n) is 3.38. The van der Waals surface area contributed by atoms with E-state index in [0.717, 1.165) is 0 Å². The molecule has 0 aliphatic heterocycles. The highest BCUT2D eigenvalue weighted by molar-refractivity contribution is 6.32. The van der Waals surface area contributed by atoms with Gasteiger partial charge in [0.2, 0.25) is 0 Å². The van der Waals surface area contributed by atoms with Gasteiger partial charge < -0.3 is 9.84 Å². The minimum Gasteiger partial charge on any atom is -0.478 e. The van der Waals surface area contributed by atoms with Gasteiger partial charge in [-0.1, -0.05) is 29.8 Å². The third-order valence-corrected chi connectivity index (χ3v) is 3.67. The fraction of sp³-hybridized carbons (Fsp3) is 0.105. The number of carbonyl (C=O) groups is 1. The number of allylic oxidation sites excluding steroid dienone is 2. The van der Waals surface area contributed by atoms with Crippen LogP contribution in [-0.2, 0) is 0 Å². The van der Waals surface area contributed by atoms with Gasteiger partial charge in [0.05, 0.1) is 16.3 Å². The predicted molar refractivity (Wildman–Crippen MR) is 96.9 cm³/mol. The first-order chi connectivity index (χ1) is 12.0. The molecule has 5 nitrogen and oxygen atoms in total. The van der Waals surface area contributed by atoms with E-state index >= 15 is 0 Å². The lowest BCUT2D eigenvalue weighted by molar-refractivity contribution is 0.0697. The molecule has 2 aromatic carbocycles. The van der Waals surface area contributed by atoms with E-state index < -0.39 is 5.97 Å². The molecule has 0 aliphatic rings. The molecule has 2 aromatic rings. The van der Waals surface area contributed by atoms with Crippen molar-refractivity contribution < 1.29 is 14.6 Å². The van der Waals surface area contributed by atoms with Crippen LogP contribution in [0.15, 0.2) is 53.5 Å². The first-order valence-corrected chi connectivity index (χ1v) is 7.73. The molecule has 0 saturated heterocycles. The molecule has 0 spiro atoms. The average Bonchev–Trinajstić information content (AvgIpc) is 2.61. The Morgan fingerprint density at radius 1 is 1.32 bits per heavy atom. The van der Waals surface area contributed by atoms with E-state index in [1.165, 1.54) is 18.2 Å². The number of nitriles is 1. The van der Waals surface area contributed by atoms with Crippen LogP contribution in [0, 0.1) is 11.3 Å². The Labute approximate surface area is 150 Å². The van der Waals surface area contributed by atoms with Gasteiger partial charge >= 0.3 is 5.97 Å². The molecular weight excluding hydrogens is 340 g/mol. The molecule has 2 rings (SSSR count). The Morgan fingerprint density at radius 3 is 2.64 bits per heavy atom. The Kier molecular flexibility index (Phi) is 5.93. The highest BCUT2D eigenvalue weighted by Crippen LogP contribution is 2.33. The van der Waals surface area contributed by atoms with Crippen molar-refractivity contribution in [2.45, 2.75) is 6.92 Å². The Balaban J connectivity index is 2.48. The van der Waals surface area contributed by atoms with E-state index in [-0.39, 0.29) is 16.3 Å². The normalized spacial score (nSPS) is 11.4. The molecule has 0 amide bonds. The van der Waals surface area contributed by atoms with E-state index in [0.29, 0.717) is 22.6 Å². The van der Waals surface area contributed by atoms with Crippen molar-refractivity contribution in [1.82, 2.24) is 0 Å². The summed E-state index contributed by atoms with van der Waals surface area (Å²) in [5.41, 5.74) is 1.66. The smallest absolute Gasteiger partial charge is 0.335 e. The van der Waals surface area contributed by atoms with Crippen LogP contribution in [0.5, 0.6) is 11.5 Å². The molecule has 0 radical (unpaired) electrons. The van der Waals surface area contributed by atoms with Gasteiger partial charge in [0, 0.05) is 12.6 Å². The second-order valence-corrected chi connectivity index (χ2v) is 5.36. The number of nitrogens with zero attached hydrogens (tertiary/aromatic N) is 2. The number of aromatic carboxylic acids is 1. The van der Waals surface area contributed by atoms with Gasteiger partial charge in [0.15, 0.2) is 0 Å². The number of ether oxygens (including phenoxy) is 1. The van der Waals surface area contributed by atoms with Crippen molar-refractivity contribution in [2.24, 2.45) is 4.99 Å². The van der Waals surface area contributed by atoms with E-state index in [2.05, 4.69) is 11.1 Å². The summed E-state index contributed by atoms with van der Waals surface area (Å²) >= 11 is 6.09. The number of aliphatic imine (C=N–C) groups is 1. The number of hydrogen-bond donors (Lipinski definition) is 1. The number of benzene rings is 2. The van der Waals surface area contributed by atoms with Crippen LogP contribution in [0.25, 0.3) is 0 Å². The number of carboxylic acids is 1. The standard InChI is InChI=1S/C19H15ClN2O3/c1-3-5-16(22-2)13-6-4-7-17(14(13)11-21)25-18-9-8-12(19(23)24)10-15(18)20/h3-10H,1-2H3,(H,23,24)/b5-3-,22-16?. The molecule has 126 valence electrons. The van der Waals surface area contributed by atoms with Crippen molar-refractivity contribution in [3.63, 3.8) is 0 Å². The number of hydrogen-bond acceptors (Lipinski definition) is 4. The predicted octanol–water partition coefficient (Wildman–Crippen LogP) is 4.70. The summed E-state index contributed by atoms with van der Waals surface area (Å²) in [5, 5.41) is 18.7. The van der Waals surface area contributed by atoms with Crippen LogP contribution in [-0.4, -0.2) is 23.8 Å². The van der Waals surface area contributed by atoms with E-state index in [1.807, 2.05) is 13.0 Å². The van der Waals surface area contributed by atoms with Gasteiger partial charge in [-0.3, -0.25) is 4.99 Å². The van der Waals surface area contributed by atoms with Gasteiger partial charge in [-0.25, -0.2) is 4.79 Å². The quantitative estimate of drug-likeness (QED) is 0.789. The van der Waals surface area contributed by atoms with Crippen LogP contribution in [0.3, 0.4) is 0 Å². The summed E-state index contributed by atoms with van der Waals surface area (Å²) in [6.45, 7) is 1.86. The lowest BCUT2D eigenvalue weighted by atomic mass is 10.0.